The molecule has 0 saturated heterocycles. The minimum Gasteiger partial charge on any atom is -0.326 e. The Hall–Kier alpha value is -2.95. The minimum absolute atomic E-state index is 0.0873. The molecule has 0 unspecified atom stereocenters. The monoisotopic (exact) mass is 389 g/mol. The second-order valence-corrected chi connectivity index (χ2v) is 7.91. The number of hydrogen-bond donors (Lipinski definition) is 2. The van der Waals surface area contributed by atoms with E-state index in [0.29, 0.717) is 5.56 Å². The predicted octanol–water partition coefficient (Wildman–Crippen LogP) is 4.68. The van der Waals surface area contributed by atoms with Crippen LogP contribution in [0.5, 0.6) is 0 Å². The lowest BCUT2D eigenvalue weighted by Crippen LogP contribution is -2.25. The first-order chi connectivity index (χ1) is 14.2. The quantitative estimate of drug-likeness (QED) is 0.746. The van der Waals surface area contributed by atoms with Crippen LogP contribution >= 0.6 is 0 Å². The highest BCUT2D eigenvalue weighted by Gasteiger charge is 2.21. The van der Waals surface area contributed by atoms with Gasteiger partial charge >= 0.3 is 0 Å². The van der Waals surface area contributed by atoms with Crippen molar-refractivity contribution < 1.29 is 9.59 Å². The van der Waals surface area contributed by atoms with E-state index < -0.39 is 0 Å². The molecule has 2 aliphatic carbocycles. The Balaban J connectivity index is 1.37. The van der Waals surface area contributed by atoms with Gasteiger partial charge in [0.1, 0.15) is 0 Å². The van der Waals surface area contributed by atoms with Crippen LogP contribution in [0.15, 0.2) is 53.6 Å². The second-order valence-electron chi connectivity index (χ2n) is 7.91. The van der Waals surface area contributed by atoms with Gasteiger partial charge in [0.15, 0.2) is 0 Å². The summed E-state index contributed by atoms with van der Waals surface area (Å²) in [7, 11) is 0. The van der Waals surface area contributed by atoms with Crippen LogP contribution in [0.3, 0.4) is 0 Å². The van der Waals surface area contributed by atoms with Crippen LogP contribution in [0.1, 0.15) is 66.4 Å². The Bertz CT molecular complexity index is 912. The van der Waals surface area contributed by atoms with Gasteiger partial charge in [0.25, 0.3) is 5.91 Å². The van der Waals surface area contributed by atoms with Gasteiger partial charge in [-0.3, -0.25) is 9.59 Å². The van der Waals surface area contributed by atoms with Gasteiger partial charge in [-0.15, -0.1) is 0 Å². The van der Waals surface area contributed by atoms with E-state index >= 15 is 0 Å². The van der Waals surface area contributed by atoms with Crippen LogP contribution in [-0.4, -0.2) is 17.5 Å². The van der Waals surface area contributed by atoms with E-state index in [0.717, 1.165) is 61.9 Å². The fourth-order valence-electron chi connectivity index (χ4n) is 4.21. The summed E-state index contributed by atoms with van der Waals surface area (Å²) >= 11 is 0. The van der Waals surface area contributed by atoms with Crippen molar-refractivity contribution in [1.82, 2.24) is 5.43 Å². The third kappa shape index (κ3) is 4.73. The number of hydrazone groups is 1. The van der Waals surface area contributed by atoms with E-state index in [9.17, 15) is 9.59 Å². The van der Waals surface area contributed by atoms with Crippen molar-refractivity contribution in [2.75, 3.05) is 5.32 Å². The summed E-state index contributed by atoms with van der Waals surface area (Å²) in [6.07, 6.45) is 8.38. The molecule has 2 aliphatic rings. The zero-order chi connectivity index (χ0) is 20.1. The molecule has 0 atom stereocenters. The number of rotatable bonds is 4. The van der Waals surface area contributed by atoms with E-state index in [1.54, 1.807) is 24.3 Å². The van der Waals surface area contributed by atoms with Crippen LogP contribution in [0, 0.1) is 5.92 Å². The molecular formula is C24H27N3O2. The van der Waals surface area contributed by atoms with E-state index in [1.165, 1.54) is 12.0 Å². The fourth-order valence-corrected chi connectivity index (χ4v) is 4.21. The van der Waals surface area contributed by atoms with Crippen LogP contribution in [-0.2, 0) is 11.2 Å². The van der Waals surface area contributed by atoms with Crippen molar-refractivity contribution in [3.05, 3.63) is 65.2 Å². The molecule has 29 heavy (non-hydrogen) atoms. The summed E-state index contributed by atoms with van der Waals surface area (Å²) in [6, 6.07) is 15.2. The molecule has 2 aromatic carbocycles. The molecule has 4 rings (SSSR count). The Labute approximate surface area is 171 Å². The number of nitrogens with one attached hydrogen (secondary N) is 2. The van der Waals surface area contributed by atoms with Crippen molar-refractivity contribution in [2.45, 2.75) is 51.4 Å². The Morgan fingerprint density at radius 3 is 2.41 bits per heavy atom. The molecule has 0 radical (unpaired) electrons. The molecule has 2 amide bonds. The molecule has 2 N–H and O–H groups in total. The molecule has 1 saturated carbocycles. The maximum Gasteiger partial charge on any atom is 0.271 e. The van der Waals surface area contributed by atoms with Gasteiger partial charge in [-0.2, -0.15) is 5.10 Å². The summed E-state index contributed by atoms with van der Waals surface area (Å²) in [4.78, 5) is 24.8. The summed E-state index contributed by atoms with van der Waals surface area (Å²) < 4.78 is 0. The normalized spacial score (nSPS) is 18.1. The molecule has 2 aromatic rings. The van der Waals surface area contributed by atoms with E-state index in [1.807, 2.05) is 12.1 Å². The minimum atomic E-state index is -0.245. The first kappa shape index (κ1) is 19.4. The number of amides is 2. The van der Waals surface area contributed by atoms with Gasteiger partial charge in [0.05, 0.1) is 5.71 Å². The number of benzene rings is 2. The van der Waals surface area contributed by atoms with Crippen molar-refractivity contribution in [3.63, 3.8) is 0 Å². The Morgan fingerprint density at radius 1 is 0.862 bits per heavy atom. The Kier molecular flexibility index (Phi) is 6.03. The molecule has 1 fully saturated rings. The average Bonchev–Trinajstić information content (AvgIpc) is 2.78. The SMILES string of the molecule is O=C(NN=C1CCCc2ccccc21)c1ccc(NC(=O)C2CCCCC2)cc1. The number of carbonyl (C=O) groups is 2. The van der Waals surface area contributed by atoms with Crippen LogP contribution in [0.25, 0.3) is 0 Å². The summed E-state index contributed by atoms with van der Waals surface area (Å²) in [5.74, 6) is -0.0455. The van der Waals surface area contributed by atoms with Crippen molar-refractivity contribution in [3.8, 4) is 0 Å². The lowest BCUT2D eigenvalue weighted by molar-refractivity contribution is -0.120. The highest BCUT2D eigenvalue weighted by molar-refractivity contribution is 6.04. The first-order valence-electron chi connectivity index (χ1n) is 10.6. The van der Waals surface area contributed by atoms with E-state index in [-0.39, 0.29) is 17.7 Å². The van der Waals surface area contributed by atoms with Crippen LogP contribution in [0.4, 0.5) is 5.69 Å². The third-order valence-corrected chi connectivity index (χ3v) is 5.87. The summed E-state index contributed by atoms with van der Waals surface area (Å²) in [6.45, 7) is 0. The number of hydrogen-bond acceptors (Lipinski definition) is 3. The van der Waals surface area contributed by atoms with Gasteiger partial charge < -0.3 is 5.32 Å². The zero-order valence-electron chi connectivity index (χ0n) is 16.6. The lowest BCUT2D eigenvalue weighted by Gasteiger charge is -2.20. The van der Waals surface area contributed by atoms with Crippen molar-refractivity contribution >= 4 is 23.2 Å². The largest absolute Gasteiger partial charge is 0.326 e. The van der Waals surface area contributed by atoms with Crippen molar-refractivity contribution in [1.29, 1.82) is 0 Å². The van der Waals surface area contributed by atoms with Gasteiger partial charge in [-0.05, 0) is 61.9 Å². The number of carbonyl (C=O) groups excluding carboxylic acids is 2. The lowest BCUT2D eigenvalue weighted by atomic mass is 9.88. The van der Waals surface area contributed by atoms with Gasteiger partial charge in [-0.1, -0.05) is 43.5 Å². The predicted molar refractivity (Wildman–Crippen MR) is 115 cm³/mol. The van der Waals surface area contributed by atoms with Crippen LogP contribution in [0.2, 0.25) is 0 Å². The smallest absolute Gasteiger partial charge is 0.271 e. The maximum absolute atomic E-state index is 12.5. The zero-order valence-corrected chi connectivity index (χ0v) is 16.6. The second kappa shape index (κ2) is 9.03. The highest BCUT2D eigenvalue weighted by atomic mass is 16.2. The topological polar surface area (TPSA) is 70.6 Å². The fraction of sp³-hybridized carbons (Fsp3) is 0.375. The summed E-state index contributed by atoms with van der Waals surface area (Å²) in [5, 5.41) is 7.35. The molecule has 5 heteroatoms. The van der Waals surface area contributed by atoms with Gasteiger partial charge in [-0.25, -0.2) is 5.43 Å². The highest BCUT2D eigenvalue weighted by Crippen LogP contribution is 2.25. The molecule has 0 bridgehead atoms. The molecule has 0 heterocycles. The number of fused-ring (bicyclic) bond motifs is 1. The molecule has 150 valence electrons. The number of aryl methyl sites for hydroxylation is 1. The molecule has 5 nitrogen and oxygen atoms in total. The maximum atomic E-state index is 12.5. The Morgan fingerprint density at radius 2 is 1.62 bits per heavy atom. The van der Waals surface area contributed by atoms with E-state index in [2.05, 4.69) is 28.0 Å². The molecule has 0 aliphatic heterocycles. The standard InChI is InChI=1S/C24H27N3O2/c28-23(18-8-2-1-3-9-18)25-20-15-13-19(14-16-20)24(29)27-26-22-12-6-10-17-7-4-5-11-21(17)22/h4-5,7,11,13-16,18H,1-3,6,8-10,12H2,(H,25,28)(H,27,29). The van der Waals surface area contributed by atoms with Gasteiger partial charge in [0.2, 0.25) is 5.91 Å². The summed E-state index contributed by atoms with van der Waals surface area (Å²) in [5.41, 5.74) is 7.27. The first-order valence-corrected chi connectivity index (χ1v) is 10.6. The molecule has 0 spiro atoms. The van der Waals surface area contributed by atoms with E-state index in [4.69, 9.17) is 0 Å². The van der Waals surface area contributed by atoms with Gasteiger partial charge in [0, 0.05) is 22.7 Å². The van der Waals surface area contributed by atoms with Crippen LogP contribution < -0.4 is 10.7 Å². The average molecular weight is 389 g/mol. The third-order valence-electron chi connectivity index (χ3n) is 5.87. The van der Waals surface area contributed by atoms with Crippen molar-refractivity contribution in [2.24, 2.45) is 11.0 Å². The number of anilines is 1. The number of nitrogens with zero attached hydrogens (tertiary/aromatic N) is 1. The molecular weight excluding hydrogens is 362 g/mol. The molecule has 0 aromatic heterocycles.